The highest BCUT2D eigenvalue weighted by Gasteiger charge is 1.99. The molecule has 0 aromatic heterocycles. The van der Waals surface area contributed by atoms with E-state index in [1.807, 2.05) is 43.3 Å². The zero-order valence-electron chi connectivity index (χ0n) is 8.24. The minimum absolute atomic E-state index is 0.120. The van der Waals surface area contributed by atoms with Gasteiger partial charge in [-0.1, -0.05) is 40.2 Å². The van der Waals surface area contributed by atoms with Crippen LogP contribution in [0.4, 0.5) is 0 Å². The number of alkyl halides is 1. The molecule has 1 atom stereocenters. The molecule has 15 heavy (non-hydrogen) atoms. The van der Waals surface area contributed by atoms with Gasteiger partial charge in [0, 0.05) is 4.83 Å². The van der Waals surface area contributed by atoms with Gasteiger partial charge in [0.2, 0.25) is 0 Å². The zero-order valence-corrected chi connectivity index (χ0v) is 9.82. The van der Waals surface area contributed by atoms with E-state index in [0.29, 0.717) is 4.83 Å². The van der Waals surface area contributed by atoms with Crippen LogP contribution in [0.3, 0.4) is 0 Å². The molecular weight excluding hydrogens is 252 g/mol. The number of benzene rings is 1. The monoisotopic (exact) mass is 260 g/mol. The molecule has 1 aromatic carbocycles. The average Bonchev–Trinajstić information content (AvgIpc) is 2.26. The topological polar surface area (TPSA) is 47.6 Å². The van der Waals surface area contributed by atoms with Crippen molar-refractivity contribution in [1.82, 2.24) is 0 Å². The quantitative estimate of drug-likeness (QED) is 0.603. The van der Waals surface area contributed by atoms with Crippen LogP contribution in [-0.2, 0) is 0 Å². The van der Waals surface area contributed by atoms with Crippen LogP contribution in [0.25, 0.3) is 6.08 Å². The van der Waals surface area contributed by atoms with Crippen molar-refractivity contribution in [3.05, 3.63) is 41.0 Å². The van der Waals surface area contributed by atoms with Gasteiger partial charge in [0.25, 0.3) is 0 Å². The van der Waals surface area contributed by atoms with Crippen molar-refractivity contribution in [2.75, 3.05) is 0 Å². The minimum Gasteiger partial charge on any atom is -0.192 e. The highest BCUT2D eigenvalue weighted by atomic mass is 79.9. The van der Waals surface area contributed by atoms with Gasteiger partial charge in [-0.3, -0.25) is 0 Å². The van der Waals surface area contributed by atoms with Crippen molar-refractivity contribution in [2.45, 2.75) is 11.8 Å². The first-order chi connectivity index (χ1) is 7.17. The Morgan fingerprint density at radius 1 is 1.27 bits per heavy atom. The molecule has 0 fully saturated rings. The maximum Gasteiger partial charge on any atom is 0.130 e. The maximum atomic E-state index is 8.58. The van der Waals surface area contributed by atoms with Crippen molar-refractivity contribution in [3.63, 3.8) is 0 Å². The number of hydrogen-bond acceptors (Lipinski definition) is 2. The van der Waals surface area contributed by atoms with Gasteiger partial charge >= 0.3 is 0 Å². The SMILES string of the molecule is CC(Br)c1ccc(C=C(C#N)C#N)cc1. The molecule has 0 spiro atoms. The molecule has 1 unspecified atom stereocenters. The first kappa shape index (κ1) is 11.5. The molecule has 3 heteroatoms. The number of allylic oxidation sites excluding steroid dienone is 1. The third-order valence-corrected chi connectivity index (χ3v) is 2.48. The Labute approximate surface area is 97.6 Å². The van der Waals surface area contributed by atoms with Crippen molar-refractivity contribution in [3.8, 4) is 12.1 Å². The summed E-state index contributed by atoms with van der Waals surface area (Å²) >= 11 is 3.47. The van der Waals surface area contributed by atoms with Gasteiger partial charge < -0.3 is 0 Å². The van der Waals surface area contributed by atoms with Crippen molar-refractivity contribution >= 4 is 22.0 Å². The Morgan fingerprint density at radius 2 is 1.80 bits per heavy atom. The van der Waals surface area contributed by atoms with Crippen LogP contribution in [-0.4, -0.2) is 0 Å². The Bertz CT molecular complexity index is 428. The molecule has 1 rings (SSSR count). The Morgan fingerprint density at radius 3 is 2.20 bits per heavy atom. The second kappa shape index (κ2) is 5.34. The van der Waals surface area contributed by atoms with Crippen LogP contribution in [0.5, 0.6) is 0 Å². The molecule has 1 aromatic rings. The van der Waals surface area contributed by atoms with Crippen LogP contribution in [0.2, 0.25) is 0 Å². The fraction of sp³-hybridized carbons (Fsp3) is 0.167. The third-order valence-electron chi connectivity index (χ3n) is 1.95. The second-order valence-electron chi connectivity index (χ2n) is 3.06. The van der Waals surface area contributed by atoms with Crippen LogP contribution in [0.15, 0.2) is 29.8 Å². The van der Waals surface area contributed by atoms with Crippen molar-refractivity contribution in [1.29, 1.82) is 10.5 Å². The van der Waals surface area contributed by atoms with E-state index in [9.17, 15) is 0 Å². The number of hydrogen-bond donors (Lipinski definition) is 0. The van der Waals surface area contributed by atoms with E-state index in [1.165, 1.54) is 5.56 Å². The summed E-state index contributed by atoms with van der Waals surface area (Å²) in [5.74, 6) is 0. The molecular formula is C12H9BrN2. The summed E-state index contributed by atoms with van der Waals surface area (Å²) in [4.78, 5) is 0.307. The van der Waals surface area contributed by atoms with Crippen molar-refractivity contribution in [2.24, 2.45) is 0 Å². The van der Waals surface area contributed by atoms with Gasteiger partial charge in [-0.2, -0.15) is 10.5 Å². The Balaban J connectivity index is 2.97. The smallest absolute Gasteiger partial charge is 0.130 e. The molecule has 0 saturated carbocycles. The lowest BCUT2D eigenvalue weighted by atomic mass is 10.1. The molecule has 0 aliphatic carbocycles. The second-order valence-corrected chi connectivity index (χ2v) is 4.44. The van der Waals surface area contributed by atoms with Crippen LogP contribution >= 0.6 is 15.9 Å². The van der Waals surface area contributed by atoms with Crippen LogP contribution < -0.4 is 0 Å². The molecule has 0 saturated heterocycles. The molecule has 0 aliphatic heterocycles. The summed E-state index contributed by atoms with van der Waals surface area (Å²) in [6, 6.07) is 11.4. The molecule has 0 bridgehead atoms. The Hall–Kier alpha value is -1.58. The van der Waals surface area contributed by atoms with Gasteiger partial charge in [0.15, 0.2) is 0 Å². The molecule has 0 aliphatic rings. The van der Waals surface area contributed by atoms with E-state index in [0.717, 1.165) is 5.56 Å². The third kappa shape index (κ3) is 3.23. The molecule has 2 nitrogen and oxygen atoms in total. The summed E-state index contributed by atoms with van der Waals surface area (Å²) in [6.45, 7) is 2.04. The Kier molecular flexibility index (Phi) is 4.09. The molecule has 0 amide bonds. The average molecular weight is 261 g/mol. The van der Waals surface area contributed by atoms with E-state index in [1.54, 1.807) is 6.08 Å². The van der Waals surface area contributed by atoms with E-state index in [-0.39, 0.29) is 5.57 Å². The summed E-state index contributed by atoms with van der Waals surface area (Å²) in [5, 5.41) is 17.2. The number of nitrogens with zero attached hydrogens (tertiary/aromatic N) is 2. The first-order valence-electron chi connectivity index (χ1n) is 4.43. The van der Waals surface area contributed by atoms with Gasteiger partial charge in [-0.25, -0.2) is 0 Å². The fourth-order valence-corrected chi connectivity index (χ4v) is 1.42. The standard InChI is InChI=1S/C12H9BrN2/c1-9(13)12-4-2-10(3-5-12)6-11(7-14)8-15/h2-6,9H,1H3. The molecule has 74 valence electrons. The lowest BCUT2D eigenvalue weighted by Crippen LogP contribution is -1.83. The van der Waals surface area contributed by atoms with Crippen molar-refractivity contribution < 1.29 is 0 Å². The maximum absolute atomic E-state index is 8.58. The number of nitriles is 2. The number of halogens is 1. The van der Waals surface area contributed by atoms with Gasteiger partial charge in [-0.15, -0.1) is 0 Å². The van der Waals surface area contributed by atoms with E-state index in [2.05, 4.69) is 15.9 Å². The lowest BCUT2D eigenvalue weighted by Gasteiger charge is -2.02. The molecule has 0 radical (unpaired) electrons. The highest BCUT2D eigenvalue weighted by Crippen LogP contribution is 2.22. The largest absolute Gasteiger partial charge is 0.192 e. The highest BCUT2D eigenvalue weighted by molar-refractivity contribution is 9.09. The predicted octanol–water partition coefficient (Wildman–Crippen LogP) is 3.57. The molecule has 0 heterocycles. The van der Waals surface area contributed by atoms with Gasteiger partial charge in [0.05, 0.1) is 0 Å². The summed E-state index contributed by atoms with van der Waals surface area (Å²) in [5.41, 5.74) is 2.15. The number of rotatable bonds is 2. The lowest BCUT2D eigenvalue weighted by molar-refractivity contribution is 1.12. The van der Waals surface area contributed by atoms with E-state index < -0.39 is 0 Å². The van der Waals surface area contributed by atoms with Crippen LogP contribution in [0, 0.1) is 22.7 Å². The van der Waals surface area contributed by atoms with Crippen LogP contribution in [0.1, 0.15) is 22.9 Å². The van der Waals surface area contributed by atoms with E-state index in [4.69, 9.17) is 10.5 Å². The summed E-state index contributed by atoms with van der Waals surface area (Å²) < 4.78 is 0. The van der Waals surface area contributed by atoms with E-state index >= 15 is 0 Å². The van der Waals surface area contributed by atoms with Gasteiger partial charge in [0.1, 0.15) is 17.7 Å². The normalized spacial score (nSPS) is 10.9. The zero-order chi connectivity index (χ0) is 11.3. The molecule has 0 N–H and O–H groups in total. The van der Waals surface area contributed by atoms with Gasteiger partial charge in [-0.05, 0) is 24.1 Å². The summed E-state index contributed by atoms with van der Waals surface area (Å²) in [7, 11) is 0. The predicted molar refractivity (Wildman–Crippen MR) is 63.0 cm³/mol. The first-order valence-corrected chi connectivity index (χ1v) is 5.35. The fourth-order valence-electron chi connectivity index (χ4n) is 1.11. The summed E-state index contributed by atoms with van der Waals surface area (Å²) in [6.07, 6.45) is 1.57. The minimum atomic E-state index is 0.120.